The highest BCUT2D eigenvalue weighted by Gasteiger charge is 2.68. The molecule has 1 atom stereocenters. The van der Waals surface area contributed by atoms with Crippen LogP contribution in [0.5, 0.6) is 0 Å². The Labute approximate surface area is 127 Å². The second-order valence-electron chi connectivity index (χ2n) is 6.01. The van der Waals surface area contributed by atoms with E-state index >= 15 is 4.39 Å². The molecule has 0 aromatic carbocycles. The second-order valence-corrected chi connectivity index (χ2v) is 6.01. The van der Waals surface area contributed by atoms with Crippen molar-refractivity contribution in [3.8, 4) is 0 Å². The van der Waals surface area contributed by atoms with E-state index in [9.17, 15) is 9.59 Å². The van der Waals surface area contributed by atoms with Gasteiger partial charge >= 0.3 is 5.97 Å². The molecular weight excluding hydrogens is 291 g/mol. The maximum Gasteiger partial charge on any atom is 0.346 e. The fourth-order valence-electron chi connectivity index (χ4n) is 3.16. The molecule has 2 fully saturated rings. The van der Waals surface area contributed by atoms with Gasteiger partial charge in [-0.2, -0.15) is 0 Å². The molecular formula is C15H19FN2O4. The molecule has 0 saturated carbocycles. The number of halogens is 1. The highest BCUT2D eigenvalue weighted by molar-refractivity contribution is 5.97. The zero-order valence-corrected chi connectivity index (χ0v) is 12.6. The largest absolute Gasteiger partial charge is 0.464 e. The lowest BCUT2D eigenvalue weighted by Crippen LogP contribution is -2.61. The normalized spacial score (nSPS) is 26.0. The summed E-state index contributed by atoms with van der Waals surface area (Å²) in [6, 6.07) is 0. The number of aromatic amines is 1. The van der Waals surface area contributed by atoms with Gasteiger partial charge in [-0.3, -0.25) is 4.79 Å². The van der Waals surface area contributed by atoms with E-state index in [1.165, 1.54) is 4.90 Å². The summed E-state index contributed by atoms with van der Waals surface area (Å²) in [5.41, 5.74) is -1.92. The Bertz CT molecular complexity index is 610. The average Bonchev–Trinajstić information content (AvgIpc) is 3.00. The van der Waals surface area contributed by atoms with Crippen LogP contribution in [0.3, 0.4) is 0 Å². The summed E-state index contributed by atoms with van der Waals surface area (Å²) in [7, 11) is 0. The zero-order chi connectivity index (χ0) is 16.0. The van der Waals surface area contributed by atoms with E-state index in [0.717, 1.165) is 5.56 Å². The van der Waals surface area contributed by atoms with Crippen LogP contribution in [-0.4, -0.2) is 60.3 Å². The van der Waals surface area contributed by atoms with E-state index in [0.29, 0.717) is 5.56 Å². The maximum atomic E-state index is 15.4. The molecule has 0 aliphatic carbocycles. The fraction of sp³-hybridized carbons (Fsp3) is 0.600. The number of esters is 1. The molecule has 2 saturated heterocycles. The van der Waals surface area contributed by atoms with Crippen LogP contribution in [0.25, 0.3) is 0 Å². The fourth-order valence-corrected chi connectivity index (χ4v) is 3.16. The topological polar surface area (TPSA) is 71.6 Å². The number of nitrogens with zero attached hydrogens (tertiary/aromatic N) is 1. The van der Waals surface area contributed by atoms with Crippen molar-refractivity contribution in [2.45, 2.75) is 19.5 Å². The number of alkyl halides is 1. The number of hydrogen-bond acceptors (Lipinski definition) is 4. The van der Waals surface area contributed by atoms with Gasteiger partial charge in [0.05, 0.1) is 37.3 Å². The van der Waals surface area contributed by atoms with Crippen LogP contribution in [0.2, 0.25) is 0 Å². The predicted molar refractivity (Wildman–Crippen MR) is 75.2 cm³/mol. The van der Waals surface area contributed by atoms with Crippen molar-refractivity contribution < 1.29 is 23.5 Å². The van der Waals surface area contributed by atoms with E-state index in [1.807, 2.05) is 0 Å². The van der Waals surface area contributed by atoms with Gasteiger partial charge < -0.3 is 19.4 Å². The molecule has 7 heteroatoms. The summed E-state index contributed by atoms with van der Waals surface area (Å²) in [6.45, 7) is 3.65. The van der Waals surface area contributed by atoms with E-state index < -0.39 is 17.1 Å². The van der Waals surface area contributed by atoms with Gasteiger partial charge in [0, 0.05) is 18.9 Å². The molecule has 0 bridgehead atoms. The summed E-state index contributed by atoms with van der Waals surface area (Å²) in [5, 5.41) is 0. The minimum atomic E-state index is -2.21. The lowest BCUT2D eigenvalue weighted by molar-refractivity contribution is -0.196. The molecule has 1 aromatic rings. The number of carbonyl (C=O) groups excluding carboxylic acids is 2. The smallest absolute Gasteiger partial charge is 0.346 e. The quantitative estimate of drug-likeness (QED) is 0.848. The summed E-state index contributed by atoms with van der Waals surface area (Å²) >= 11 is 0. The minimum Gasteiger partial charge on any atom is -0.464 e. The molecule has 0 radical (unpaired) electrons. The summed E-state index contributed by atoms with van der Waals surface area (Å²) < 4.78 is 25.4. The number of ether oxygens (including phenoxy) is 2. The Morgan fingerprint density at radius 2 is 2.14 bits per heavy atom. The van der Waals surface area contributed by atoms with E-state index in [2.05, 4.69) is 4.98 Å². The SMILES string of the molecule is CCOC(=O)C1(F)CN(C(=O)c2c[nH]cc2C)CC12COC2. The first-order valence-electron chi connectivity index (χ1n) is 7.30. The van der Waals surface area contributed by atoms with Crippen molar-refractivity contribution in [3.05, 3.63) is 23.5 Å². The Kier molecular flexibility index (Phi) is 3.47. The molecule has 1 amide bonds. The van der Waals surface area contributed by atoms with Crippen molar-refractivity contribution in [1.29, 1.82) is 0 Å². The van der Waals surface area contributed by atoms with Gasteiger partial charge in [-0.05, 0) is 19.4 Å². The van der Waals surface area contributed by atoms with Crippen molar-refractivity contribution >= 4 is 11.9 Å². The monoisotopic (exact) mass is 310 g/mol. The van der Waals surface area contributed by atoms with E-state index in [4.69, 9.17) is 9.47 Å². The number of aromatic nitrogens is 1. The lowest BCUT2D eigenvalue weighted by Gasteiger charge is -2.43. The second kappa shape index (κ2) is 5.08. The van der Waals surface area contributed by atoms with Gasteiger partial charge in [-0.1, -0.05) is 0 Å². The Morgan fingerprint density at radius 1 is 1.41 bits per heavy atom. The van der Waals surface area contributed by atoms with E-state index in [-0.39, 0.29) is 38.8 Å². The van der Waals surface area contributed by atoms with Gasteiger partial charge in [0.1, 0.15) is 0 Å². The van der Waals surface area contributed by atoms with Gasteiger partial charge in [0.15, 0.2) is 0 Å². The number of nitrogens with one attached hydrogen (secondary N) is 1. The number of carbonyl (C=O) groups is 2. The van der Waals surface area contributed by atoms with Crippen LogP contribution in [0.4, 0.5) is 4.39 Å². The van der Waals surface area contributed by atoms with Crippen molar-refractivity contribution in [1.82, 2.24) is 9.88 Å². The molecule has 1 N–H and O–H groups in total. The molecule has 2 aliphatic heterocycles. The minimum absolute atomic E-state index is 0.103. The number of rotatable bonds is 3. The third kappa shape index (κ3) is 1.95. The highest BCUT2D eigenvalue weighted by Crippen LogP contribution is 2.48. The molecule has 1 unspecified atom stereocenters. The van der Waals surface area contributed by atoms with Crippen LogP contribution >= 0.6 is 0 Å². The summed E-state index contributed by atoms with van der Waals surface area (Å²) in [4.78, 5) is 28.9. The van der Waals surface area contributed by atoms with Gasteiger partial charge in [-0.25, -0.2) is 9.18 Å². The number of H-pyrrole nitrogens is 1. The van der Waals surface area contributed by atoms with Crippen LogP contribution in [0.1, 0.15) is 22.8 Å². The average molecular weight is 310 g/mol. The molecule has 1 spiro atoms. The zero-order valence-electron chi connectivity index (χ0n) is 12.6. The lowest BCUT2D eigenvalue weighted by atomic mass is 9.74. The first kappa shape index (κ1) is 15.0. The highest BCUT2D eigenvalue weighted by atomic mass is 19.1. The van der Waals surface area contributed by atoms with Crippen molar-refractivity contribution in [2.75, 3.05) is 32.9 Å². The Balaban J connectivity index is 1.87. The Hall–Kier alpha value is -1.89. The van der Waals surface area contributed by atoms with Crippen LogP contribution in [0.15, 0.2) is 12.4 Å². The third-order valence-corrected chi connectivity index (χ3v) is 4.57. The number of likely N-dealkylation sites (tertiary alicyclic amines) is 1. The first-order chi connectivity index (χ1) is 10.4. The third-order valence-electron chi connectivity index (χ3n) is 4.57. The van der Waals surface area contributed by atoms with E-state index in [1.54, 1.807) is 26.2 Å². The predicted octanol–water partition coefficient (Wildman–Crippen LogP) is 1.07. The molecule has 2 aliphatic rings. The van der Waals surface area contributed by atoms with Gasteiger partial charge in [0.25, 0.3) is 5.91 Å². The molecule has 22 heavy (non-hydrogen) atoms. The molecule has 1 aromatic heterocycles. The first-order valence-corrected chi connectivity index (χ1v) is 7.30. The summed E-state index contributed by atoms with van der Waals surface area (Å²) in [5.74, 6) is -1.19. The summed E-state index contributed by atoms with van der Waals surface area (Å²) in [6.07, 6.45) is 3.30. The van der Waals surface area contributed by atoms with Crippen molar-refractivity contribution in [3.63, 3.8) is 0 Å². The van der Waals surface area contributed by atoms with Crippen molar-refractivity contribution in [2.24, 2.45) is 5.41 Å². The van der Waals surface area contributed by atoms with Gasteiger partial charge in [0.2, 0.25) is 5.67 Å². The molecule has 3 heterocycles. The number of hydrogen-bond donors (Lipinski definition) is 1. The van der Waals surface area contributed by atoms with Crippen LogP contribution in [-0.2, 0) is 14.3 Å². The number of amides is 1. The molecule has 120 valence electrons. The molecule has 3 rings (SSSR count). The standard InChI is InChI=1S/C15H19FN2O4/c1-3-22-13(20)15(16)7-18(6-14(15)8-21-9-14)12(19)11-5-17-4-10(11)2/h4-5,17H,3,6-9H2,1-2H3. The Morgan fingerprint density at radius 3 is 2.64 bits per heavy atom. The van der Waals surface area contributed by atoms with Gasteiger partial charge in [-0.15, -0.1) is 0 Å². The maximum absolute atomic E-state index is 15.4. The number of aryl methyl sites for hydroxylation is 1. The van der Waals surface area contributed by atoms with Crippen LogP contribution < -0.4 is 0 Å². The van der Waals surface area contributed by atoms with Crippen LogP contribution in [0, 0.1) is 12.3 Å². The molecule has 6 nitrogen and oxygen atoms in total.